The predicted molar refractivity (Wildman–Crippen MR) is 52.2 cm³/mol. The van der Waals surface area contributed by atoms with Gasteiger partial charge in [-0.15, -0.1) is 0 Å². The fraction of sp³-hybridized carbons (Fsp3) is 0.0909. The Morgan fingerprint density at radius 1 is 1.36 bits per heavy atom. The number of aromatic nitrogens is 2. The maximum absolute atomic E-state index is 8.96. The molecule has 0 saturated carbocycles. The summed E-state index contributed by atoms with van der Waals surface area (Å²) in [6.45, 7) is 0.0321. The molecule has 0 aliphatic carbocycles. The number of aliphatic hydroxyl groups is 1. The molecule has 0 saturated heterocycles. The number of hydrogen-bond acceptors (Lipinski definition) is 3. The van der Waals surface area contributed by atoms with Gasteiger partial charge in [-0.25, -0.2) is 9.97 Å². The lowest BCUT2D eigenvalue weighted by molar-refractivity contribution is 0.282. The minimum atomic E-state index is 0.0321. The zero-order valence-electron chi connectivity index (χ0n) is 7.51. The Morgan fingerprint density at radius 2 is 2.29 bits per heavy atom. The molecule has 0 unspecified atom stereocenters. The monoisotopic (exact) mass is 185 g/mol. The van der Waals surface area contributed by atoms with Gasteiger partial charge in [-0.2, -0.15) is 0 Å². The number of nitrogens with zero attached hydrogens (tertiary/aromatic N) is 2. The number of hydrogen-bond donors (Lipinski definition) is 1. The molecule has 3 heteroatoms. The van der Waals surface area contributed by atoms with Crippen molar-refractivity contribution < 1.29 is 5.11 Å². The normalized spacial score (nSPS) is 10.1. The lowest BCUT2D eigenvalue weighted by Gasteiger charge is -2.00. The molecule has 0 aliphatic rings. The van der Waals surface area contributed by atoms with Crippen LogP contribution in [0.2, 0.25) is 0 Å². The van der Waals surface area contributed by atoms with Gasteiger partial charge in [0.15, 0.2) is 5.82 Å². The highest BCUT2D eigenvalue weighted by Gasteiger charge is 1.99. The molecule has 2 rings (SSSR count). The Hall–Kier alpha value is -1.74. The summed E-state index contributed by atoms with van der Waals surface area (Å²) in [6.07, 6.45) is 4.37. The van der Waals surface area contributed by atoms with Crippen molar-refractivity contribution in [1.82, 2.24) is 9.97 Å². The highest BCUT2D eigenvalue weighted by Crippen LogP contribution is 2.15. The molecule has 1 heterocycles. The van der Waals surface area contributed by atoms with E-state index < -0.39 is 0 Å². The zero-order valence-corrected chi connectivity index (χ0v) is 7.51. The lowest BCUT2D eigenvalue weighted by Crippen LogP contribution is -1.89. The largest absolute Gasteiger partial charge is 0.392 e. The van der Waals surface area contributed by atoms with Gasteiger partial charge in [-0.05, 0) is 17.7 Å². The Kier molecular flexibility index (Phi) is 2.51. The minimum Gasteiger partial charge on any atom is -0.392 e. The van der Waals surface area contributed by atoms with Crippen molar-refractivity contribution in [2.75, 3.05) is 0 Å². The average molecular weight is 185 g/mol. The molecule has 69 valence electrons. The standard InChI is InChI=1S/C11H9N2O/c14-8-9-3-1-4-10(7-9)11-12-5-2-6-13-11/h1-5,7,14H,8H2. The van der Waals surface area contributed by atoms with Crippen molar-refractivity contribution in [2.24, 2.45) is 0 Å². The summed E-state index contributed by atoms with van der Waals surface area (Å²) in [5.74, 6) is 0.628. The van der Waals surface area contributed by atoms with E-state index in [0.29, 0.717) is 5.82 Å². The van der Waals surface area contributed by atoms with Gasteiger partial charge in [0.2, 0.25) is 0 Å². The zero-order chi connectivity index (χ0) is 9.80. The third-order valence-corrected chi connectivity index (χ3v) is 1.88. The van der Waals surface area contributed by atoms with Gasteiger partial charge in [0, 0.05) is 11.8 Å². The van der Waals surface area contributed by atoms with E-state index in [4.69, 9.17) is 5.11 Å². The molecule has 1 aromatic carbocycles. The summed E-state index contributed by atoms with van der Waals surface area (Å²) in [5.41, 5.74) is 1.75. The molecule has 0 spiro atoms. The molecule has 1 aromatic heterocycles. The van der Waals surface area contributed by atoms with Crippen LogP contribution in [0.3, 0.4) is 0 Å². The van der Waals surface area contributed by atoms with Crippen LogP contribution in [0.15, 0.2) is 36.5 Å². The van der Waals surface area contributed by atoms with Crippen LogP contribution in [0, 0.1) is 6.20 Å². The summed E-state index contributed by atoms with van der Waals surface area (Å²) in [7, 11) is 0. The molecule has 0 bridgehead atoms. The molecular weight excluding hydrogens is 176 g/mol. The lowest BCUT2D eigenvalue weighted by atomic mass is 10.1. The first-order chi connectivity index (χ1) is 6.90. The molecule has 0 fully saturated rings. The second kappa shape index (κ2) is 3.98. The first-order valence-electron chi connectivity index (χ1n) is 4.29. The molecule has 0 amide bonds. The van der Waals surface area contributed by atoms with Gasteiger partial charge in [0.25, 0.3) is 0 Å². The molecule has 1 N–H and O–H groups in total. The van der Waals surface area contributed by atoms with Gasteiger partial charge < -0.3 is 5.11 Å². The highest BCUT2D eigenvalue weighted by atomic mass is 16.3. The van der Waals surface area contributed by atoms with E-state index >= 15 is 0 Å². The van der Waals surface area contributed by atoms with E-state index in [1.165, 1.54) is 0 Å². The Morgan fingerprint density at radius 3 is 3.00 bits per heavy atom. The topological polar surface area (TPSA) is 46.0 Å². The van der Waals surface area contributed by atoms with Crippen molar-refractivity contribution in [2.45, 2.75) is 6.61 Å². The first kappa shape index (κ1) is 8.84. The van der Waals surface area contributed by atoms with Crippen molar-refractivity contribution in [3.05, 3.63) is 48.3 Å². The van der Waals surface area contributed by atoms with Crippen LogP contribution in [0.5, 0.6) is 0 Å². The fourth-order valence-corrected chi connectivity index (χ4v) is 1.22. The molecule has 1 radical (unpaired) electrons. The molecule has 3 nitrogen and oxygen atoms in total. The van der Waals surface area contributed by atoms with E-state index in [-0.39, 0.29) is 6.61 Å². The van der Waals surface area contributed by atoms with Gasteiger partial charge >= 0.3 is 0 Å². The van der Waals surface area contributed by atoms with E-state index in [1.807, 2.05) is 24.3 Å². The Bertz CT molecular complexity index is 415. The van der Waals surface area contributed by atoms with Gasteiger partial charge in [-0.1, -0.05) is 18.2 Å². The van der Waals surface area contributed by atoms with Crippen LogP contribution >= 0.6 is 0 Å². The molecular formula is C11H9N2O. The smallest absolute Gasteiger partial charge is 0.159 e. The van der Waals surface area contributed by atoms with E-state index in [0.717, 1.165) is 11.1 Å². The van der Waals surface area contributed by atoms with Gasteiger partial charge in [0.1, 0.15) is 0 Å². The van der Waals surface area contributed by atoms with Crippen LogP contribution in [-0.4, -0.2) is 15.1 Å². The van der Waals surface area contributed by atoms with Gasteiger partial charge in [0.05, 0.1) is 12.8 Å². The van der Waals surface area contributed by atoms with E-state index in [1.54, 1.807) is 12.3 Å². The second-order valence-electron chi connectivity index (χ2n) is 2.87. The quantitative estimate of drug-likeness (QED) is 0.770. The predicted octanol–water partition coefficient (Wildman–Crippen LogP) is 1.44. The van der Waals surface area contributed by atoms with Crippen molar-refractivity contribution >= 4 is 0 Å². The van der Waals surface area contributed by atoms with Gasteiger partial charge in [-0.3, -0.25) is 0 Å². The van der Waals surface area contributed by atoms with E-state index in [2.05, 4.69) is 16.2 Å². The minimum absolute atomic E-state index is 0.0321. The molecule has 14 heavy (non-hydrogen) atoms. The summed E-state index contributed by atoms with van der Waals surface area (Å²) in [6, 6.07) is 9.15. The van der Waals surface area contributed by atoms with Crippen LogP contribution in [0.4, 0.5) is 0 Å². The van der Waals surface area contributed by atoms with Crippen LogP contribution in [0.25, 0.3) is 11.4 Å². The van der Waals surface area contributed by atoms with Crippen LogP contribution in [-0.2, 0) is 6.61 Å². The van der Waals surface area contributed by atoms with Crippen LogP contribution in [0.1, 0.15) is 5.56 Å². The van der Waals surface area contributed by atoms with E-state index in [9.17, 15) is 0 Å². The van der Waals surface area contributed by atoms with Crippen molar-refractivity contribution in [1.29, 1.82) is 0 Å². The second-order valence-corrected chi connectivity index (χ2v) is 2.87. The highest BCUT2D eigenvalue weighted by molar-refractivity contribution is 5.55. The first-order valence-corrected chi connectivity index (χ1v) is 4.29. The average Bonchev–Trinajstić information content (AvgIpc) is 2.30. The third kappa shape index (κ3) is 1.78. The Balaban J connectivity index is 2.42. The number of rotatable bonds is 2. The molecule has 2 aromatic rings. The number of aliphatic hydroxyl groups excluding tert-OH is 1. The number of benzene rings is 1. The SMILES string of the molecule is OCc1cccc(-c2n[c]ccn2)c1. The van der Waals surface area contributed by atoms with Crippen LogP contribution < -0.4 is 0 Å². The third-order valence-electron chi connectivity index (χ3n) is 1.88. The fourth-order valence-electron chi connectivity index (χ4n) is 1.22. The Labute approximate surface area is 82.1 Å². The summed E-state index contributed by atoms with van der Waals surface area (Å²) in [4.78, 5) is 8.11. The maximum atomic E-state index is 8.96. The summed E-state index contributed by atoms with van der Waals surface area (Å²) in [5, 5.41) is 8.96. The summed E-state index contributed by atoms with van der Waals surface area (Å²) >= 11 is 0. The maximum Gasteiger partial charge on any atom is 0.159 e. The molecule has 0 aliphatic heterocycles. The van der Waals surface area contributed by atoms with Crippen molar-refractivity contribution in [3.8, 4) is 11.4 Å². The molecule has 0 atom stereocenters. The summed E-state index contributed by atoms with van der Waals surface area (Å²) < 4.78 is 0. The van der Waals surface area contributed by atoms with Crippen molar-refractivity contribution in [3.63, 3.8) is 0 Å².